The Balaban J connectivity index is 1.67. The summed E-state index contributed by atoms with van der Waals surface area (Å²) in [5.74, 6) is 0. The standard InChI is InChI=1S/C18H21ClN2O2S/c19-17-7-9-18(10-8-17)24(22,23)21-12-4-11-20(13-14-21)15-16-5-2-1-3-6-16/h1-3,5-10H,4,11-15H2/p+1. The molecule has 0 saturated carbocycles. The number of hydrogen-bond acceptors (Lipinski definition) is 2. The Bertz CT molecular complexity index is 763. The van der Waals surface area contributed by atoms with Crippen molar-refractivity contribution < 1.29 is 13.3 Å². The van der Waals surface area contributed by atoms with Gasteiger partial charge in [0.05, 0.1) is 24.5 Å². The summed E-state index contributed by atoms with van der Waals surface area (Å²) >= 11 is 5.86. The zero-order valence-corrected chi connectivity index (χ0v) is 15.1. The zero-order chi connectivity index (χ0) is 17.0. The summed E-state index contributed by atoms with van der Waals surface area (Å²) in [6.45, 7) is 3.87. The first-order valence-corrected chi connectivity index (χ1v) is 10.0. The number of hydrogen-bond donors (Lipinski definition) is 1. The fourth-order valence-electron chi connectivity index (χ4n) is 3.08. The Labute approximate surface area is 148 Å². The average molecular weight is 366 g/mol. The molecule has 1 fully saturated rings. The van der Waals surface area contributed by atoms with Gasteiger partial charge in [-0.05, 0) is 24.3 Å². The van der Waals surface area contributed by atoms with Gasteiger partial charge in [-0.1, -0.05) is 41.9 Å². The van der Waals surface area contributed by atoms with E-state index in [0.717, 1.165) is 26.1 Å². The lowest BCUT2D eigenvalue weighted by atomic mass is 10.2. The lowest BCUT2D eigenvalue weighted by Gasteiger charge is -2.20. The van der Waals surface area contributed by atoms with Crippen LogP contribution in [0.1, 0.15) is 12.0 Å². The fourth-order valence-corrected chi connectivity index (χ4v) is 4.69. The van der Waals surface area contributed by atoms with Crippen molar-refractivity contribution in [1.82, 2.24) is 4.31 Å². The van der Waals surface area contributed by atoms with Gasteiger partial charge in [0, 0.05) is 23.6 Å². The first-order chi connectivity index (χ1) is 11.6. The molecule has 1 heterocycles. The maximum atomic E-state index is 12.8. The highest BCUT2D eigenvalue weighted by molar-refractivity contribution is 7.89. The largest absolute Gasteiger partial charge is 0.330 e. The van der Waals surface area contributed by atoms with Gasteiger partial charge in [-0.3, -0.25) is 0 Å². The topological polar surface area (TPSA) is 41.8 Å². The number of benzene rings is 2. The van der Waals surface area contributed by atoms with Crippen LogP contribution in [0.25, 0.3) is 0 Å². The molecule has 0 amide bonds. The summed E-state index contributed by atoms with van der Waals surface area (Å²) in [4.78, 5) is 1.74. The first-order valence-electron chi connectivity index (χ1n) is 8.19. The second-order valence-electron chi connectivity index (χ2n) is 6.12. The maximum Gasteiger partial charge on any atom is 0.243 e. The van der Waals surface area contributed by atoms with Gasteiger partial charge >= 0.3 is 0 Å². The zero-order valence-electron chi connectivity index (χ0n) is 13.5. The van der Waals surface area contributed by atoms with Crippen LogP contribution in [-0.4, -0.2) is 38.9 Å². The van der Waals surface area contributed by atoms with Crippen molar-refractivity contribution in [1.29, 1.82) is 0 Å². The highest BCUT2D eigenvalue weighted by Crippen LogP contribution is 2.18. The van der Waals surface area contributed by atoms with E-state index in [2.05, 4.69) is 12.1 Å². The molecular formula is C18H22ClN2O2S+. The van der Waals surface area contributed by atoms with E-state index < -0.39 is 10.0 Å². The lowest BCUT2D eigenvalue weighted by Crippen LogP contribution is -3.11. The van der Waals surface area contributed by atoms with Gasteiger partial charge < -0.3 is 4.90 Å². The molecule has 1 aliphatic rings. The Hall–Kier alpha value is -1.40. The van der Waals surface area contributed by atoms with Crippen LogP contribution in [0.3, 0.4) is 0 Å². The summed E-state index contributed by atoms with van der Waals surface area (Å²) < 4.78 is 27.2. The quantitative estimate of drug-likeness (QED) is 0.898. The summed E-state index contributed by atoms with van der Waals surface area (Å²) in [6.07, 6.45) is 0.870. The molecule has 1 aliphatic heterocycles. The van der Waals surface area contributed by atoms with E-state index in [0.29, 0.717) is 23.0 Å². The van der Waals surface area contributed by atoms with Crippen molar-refractivity contribution in [2.75, 3.05) is 26.2 Å². The average Bonchev–Trinajstić information content (AvgIpc) is 2.82. The minimum Gasteiger partial charge on any atom is -0.330 e. The molecule has 0 bridgehead atoms. The van der Waals surface area contributed by atoms with Gasteiger partial charge in [-0.25, -0.2) is 8.42 Å². The number of nitrogens with zero attached hydrogens (tertiary/aromatic N) is 1. The number of rotatable bonds is 4. The minimum absolute atomic E-state index is 0.318. The van der Waals surface area contributed by atoms with E-state index in [1.807, 2.05) is 18.2 Å². The highest BCUT2D eigenvalue weighted by atomic mass is 35.5. The number of nitrogens with one attached hydrogen (secondary N) is 1. The Morgan fingerprint density at radius 3 is 2.38 bits per heavy atom. The van der Waals surface area contributed by atoms with Crippen LogP contribution in [0.4, 0.5) is 0 Å². The Kier molecular flexibility index (Phi) is 5.56. The van der Waals surface area contributed by atoms with E-state index in [4.69, 9.17) is 11.6 Å². The van der Waals surface area contributed by atoms with Crippen molar-refractivity contribution >= 4 is 21.6 Å². The molecule has 1 N–H and O–H groups in total. The van der Waals surface area contributed by atoms with Crippen molar-refractivity contribution in [3.05, 3.63) is 65.2 Å². The molecule has 6 heteroatoms. The fraction of sp³-hybridized carbons (Fsp3) is 0.333. The maximum absolute atomic E-state index is 12.8. The van der Waals surface area contributed by atoms with Crippen LogP contribution >= 0.6 is 11.6 Å². The minimum atomic E-state index is -3.44. The van der Waals surface area contributed by atoms with Gasteiger partial charge in [-0.2, -0.15) is 4.31 Å². The second kappa shape index (κ2) is 7.66. The molecule has 0 aromatic heterocycles. The van der Waals surface area contributed by atoms with Crippen LogP contribution in [0.5, 0.6) is 0 Å². The monoisotopic (exact) mass is 365 g/mol. The van der Waals surface area contributed by atoms with E-state index in [1.54, 1.807) is 28.6 Å². The predicted molar refractivity (Wildman–Crippen MR) is 95.7 cm³/mol. The smallest absolute Gasteiger partial charge is 0.243 e. The third-order valence-electron chi connectivity index (χ3n) is 4.40. The van der Waals surface area contributed by atoms with E-state index in [9.17, 15) is 8.42 Å². The van der Waals surface area contributed by atoms with Crippen LogP contribution < -0.4 is 4.90 Å². The molecule has 2 aromatic rings. The molecule has 24 heavy (non-hydrogen) atoms. The van der Waals surface area contributed by atoms with Crippen LogP contribution in [-0.2, 0) is 16.6 Å². The molecular weight excluding hydrogens is 344 g/mol. The third-order valence-corrected chi connectivity index (χ3v) is 6.57. The predicted octanol–water partition coefficient (Wildman–Crippen LogP) is 1.82. The highest BCUT2D eigenvalue weighted by Gasteiger charge is 2.28. The van der Waals surface area contributed by atoms with Gasteiger partial charge in [-0.15, -0.1) is 0 Å². The molecule has 1 atom stereocenters. The number of quaternary nitrogens is 1. The van der Waals surface area contributed by atoms with E-state index in [-0.39, 0.29) is 0 Å². The van der Waals surface area contributed by atoms with E-state index >= 15 is 0 Å². The summed E-state index contributed by atoms with van der Waals surface area (Å²) in [6, 6.07) is 16.8. The second-order valence-corrected chi connectivity index (χ2v) is 8.50. The summed E-state index contributed by atoms with van der Waals surface area (Å²) in [5.41, 5.74) is 1.29. The van der Waals surface area contributed by atoms with Crippen LogP contribution in [0, 0.1) is 0 Å². The Morgan fingerprint density at radius 2 is 1.67 bits per heavy atom. The molecule has 0 spiro atoms. The third kappa shape index (κ3) is 4.16. The van der Waals surface area contributed by atoms with Gasteiger partial charge in [0.2, 0.25) is 10.0 Å². The molecule has 1 saturated heterocycles. The molecule has 4 nitrogen and oxygen atoms in total. The van der Waals surface area contributed by atoms with Crippen molar-refractivity contribution in [2.45, 2.75) is 17.9 Å². The SMILES string of the molecule is O=S(=O)(c1ccc(Cl)cc1)N1CCC[NH+](Cc2ccccc2)CC1. The van der Waals surface area contributed by atoms with Crippen LogP contribution in [0.15, 0.2) is 59.5 Å². The molecule has 2 aromatic carbocycles. The van der Waals surface area contributed by atoms with Crippen LogP contribution in [0.2, 0.25) is 5.02 Å². The van der Waals surface area contributed by atoms with Gasteiger partial charge in [0.15, 0.2) is 0 Å². The summed E-state index contributed by atoms with van der Waals surface area (Å²) in [7, 11) is -3.44. The molecule has 0 radical (unpaired) electrons. The van der Waals surface area contributed by atoms with E-state index in [1.165, 1.54) is 10.5 Å². The number of halogens is 1. The molecule has 128 valence electrons. The molecule has 3 rings (SSSR count). The normalized spacial score (nSPS) is 19.8. The molecule has 0 aliphatic carbocycles. The number of sulfonamides is 1. The van der Waals surface area contributed by atoms with Crippen molar-refractivity contribution in [2.24, 2.45) is 0 Å². The molecule has 1 unspecified atom stereocenters. The summed E-state index contributed by atoms with van der Waals surface area (Å²) in [5, 5.41) is 0.545. The van der Waals surface area contributed by atoms with Gasteiger partial charge in [0.25, 0.3) is 0 Å². The van der Waals surface area contributed by atoms with Crippen molar-refractivity contribution in [3.63, 3.8) is 0 Å². The van der Waals surface area contributed by atoms with Crippen molar-refractivity contribution in [3.8, 4) is 0 Å². The Morgan fingerprint density at radius 1 is 0.958 bits per heavy atom. The van der Waals surface area contributed by atoms with Gasteiger partial charge in [0.1, 0.15) is 6.54 Å². The first kappa shape index (κ1) is 17.4. The lowest BCUT2D eigenvalue weighted by molar-refractivity contribution is -0.911.